The van der Waals surface area contributed by atoms with Crippen molar-refractivity contribution < 1.29 is 0 Å². The number of piperidine rings is 1. The van der Waals surface area contributed by atoms with E-state index in [0.29, 0.717) is 6.04 Å². The van der Waals surface area contributed by atoms with Crippen molar-refractivity contribution in [2.24, 2.45) is 0 Å². The predicted molar refractivity (Wildman–Crippen MR) is 113 cm³/mol. The van der Waals surface area contributed by atoms with Crippen molar-refractivity contribution in [3.63, 3.8) is 0 Å². The van der Waals surface area contributed by atoms with Crippen LogP contribution in [0.1, 0.15) is 18.4 Å². The summed E-state index contributed by atoms with van der Waals surface area (Å²) in [6.07, 6.45) is 10.0. The highest BCUT2D eigenvalue weighted by molar-refractivity contribution is 5.94. The summed E-state index contributed by atoms with van der Waals surface area (Å²) in [6, 6.07) is 8.81. The van der Waals surface area contributed by atoms with Gasteiger partial charge in [0.15, 0.2) is 0 Å². The fourth-order valence-corrected chi connectivity index (χ4v) is 4.05. The van der Waals surface area contributed by atoms with Gasteiger partial charge in [0, 0.05) is 46.8 Å². The van der Waals surface area contributed by atoms with Crippen LogP contribution >= 0.6 is 0 Å². The molecule has 28 heavy (non-hydrogen) atoms. The van der Waals surface area contributed by atoms with Crippen molar-refractivity contribution in [1.29, 1.82) is 0 Å². The van der Waals surface area contributed by atoms with E-state index in [2.05, 4.69) is 57.1 Å². The number of aromatic amines is 1. The highest BCUT2D eigenvalue weighted by atomic mass is 15.2. The highest BCUT2D eigenvalue weighted by Crippen LogP contribution is 2.30. The molecule has 6 heteroatoms. The molecule has 4 aromatic heterocycles. The lowest BCUT2D eigenvalue weighted by Gasteiger charge is -2.30. The molecule has 0 bridgehead atoms. The van der Waals surface area contributed by atoms with Crippen LogP contribution < -0.4 is 5.32 Å². The number of rotatable bonds is 4. The van der Waals surface area contributed by atoms with Crippen molar-refractivity contribution >= 4 is 22.2 Å². The van der Waals surface area contributed by atoms with Gasteiger partial charge in [-0.1, -0.05) is 6.58 Å². The molecular weight excluding hydrogens is 348 g/mol. The van der Waals surface area contributed by atoms with Crippen molar-refractivity contribution in [3.8, 4) is 11.1 Å². The first-order chi connectivity index (χ1) is 13.7. The van der Waals surface area contributed by atoms with E-state index in [1.165, 1.54) is 0 Å². The molecule has 1 saturated heterocycles. The molecule has 6 nitrogen and oxygen atoms in total. The molecule has 1 fully saturated rings. The van der Waals surface area contributed by atoms with Crippen molar-refractivity contribution in [1.82, 2.24) is 29.8 Å². The molecule has 0 aromatic carbocycles. The zero-order valence-electron chi connectivity index (χ0n) is 16.0. The van der Waals surface area contributed by atoms with Gasteiger partial charge in [0.2, 0.25) is 0 Å². The van der Waals surface area contributed by atoms with Crippen molar-refractivity contribution in [3.05, 3.63) is 61.2 Å². The Kier molecular flexibility index (Phi) is 4.13. The minimum atomic E-state index is 0.474. The van der Waals surface area contributed by atoms with Crippen LogP contribution in [0.15, 0.2) is 55.6 Å². The first-order valence-corrected chi connectivity index (χ1v) is 9.73. The van der Waals surface area contributed by atoms with E-state index >= 15 is 0 Å². The van der Waals surface area contributed by atoms with E-state index in [1.807, 2.05) is 29.2 Å². The quantitative estimate of drug-likeness (QED) is 0.575. The molecule has 4 aromatic rings. The van der Waals surface area contributed by atoms with Crippen LogP contribution in [0, 0.1) is 0 Å². The second-order valence-corrected chi connectivity index (χ2v) is 7.61. The van der Waals surface area contributed by atoms with Gasteiger partial charge in [-0.2, -0.15) is 5.10 Å². The predicted octanol–water partition coefficient (Wildman–Crippen LogP) is 3.53. The van der Waals surface area contributed by atoms with Crippen LogP contribution in [0.2, 0.25) is 0 Å². The Hall–Kier alpha value is -3.12. The summed E-state index contributed by atoms with van der Waals surface area (Å²) in [4.78, 5) is 10.0. The normalized spacial score (nSPS) is 16.0. The Morgan fingerprint density at radius 2 is 2.14 bits per heavy atom. The number of fused-ring (bicyclic) bond motifs is 2. The second kappa shape index (κ2) is 6.80. The van der Waals surface area contributed by atoms with Crippen molar-refractivity contribution in [2.75, 3.05) is 20.1 Å². The molecule has 5 rings (SSSR count). The average molecular weight is 372 g/mol. The summed E-state index contributed by atoms with van der Waals surface area (Å²) in [7, 11) is 2.18. The number of nitrogens with zero attached hydrogens (tertiary/aromatic N) is 4. The van der Waals surface area contributed by atoms with Gasteiger partial charge in [-0.3, -0.25) is 0 Å². The summed E-state index contributed by atoms with van der Waals surface area (Å²) in [5.74, 6) is 0. The number of pyridine rings is 2. The molecule has 2 N–H and O–H groups in total. The number of hydrogen-bond donors (Lipinski definition) is 2. The van der Waals surface area contributed by atoms with Gasteiger partial charge in [0.1, 0.15) is 5.65 Å². The number of hydrogen-bond acceptors (Lipinski definition) is 4. The lowest BCUT2D eigenvalue weighted by molar-refractivity contribution is 0.245. The van der Waals surface area contributed by atoms with E-state index < -0.39 is 0 Å². The number of H-pyrrole nitrogens is 1. The van der Waals surface area contributed by atoms with Crippen molar-refractivity contribution in [2.45, 2.75) is 18.9 Å². The Bertz CT molecular complexity index is 1150. The first-order valence-electron chi connectivity index (χ1n) is 9.73. The summed E-state index contributed by atoms with van der Waals surface area (Å²) >= 11 is 0. The van der Waals surface area contributed by atoms with Crippen LogP contribution in [-0.4, -0.2) is 50.7 Å². The zero-order chi connectivity index (χ0) is 19.1. The lowest BCUT2D eigenvalue weighted by atomic mass is 10.0. The Labute approximate surface area is 163 Å². The standard InChI is InChI=1S/C22H24N6/c1-15(26-17-6-9-27(2)10-7-17)19-14-25-28-11-5-16(12-21(19)28)20-13-24-22-18(20)4-3-8-23-22/h3-5,8,11-14,17,26H,1,6-7,9-10H2,2H3,(H,23,24). The maximum Gasteiger partial charge on any atom is 0.137 e. The molecule has 5 heterocycles. The Balaban J connectivity index is 1.47. The van der Waals surface area contributed by atoms with Gasteiger partial charge < -0.3 is 15.2 Å². The largest absolute Gasteiger partial charge is 0.382 e. The van der Waals surface area contributed by atoms with Gasteiger partial charge in [0.25, 0.3) is 0 Å². The topological polar surface area (TPSA) is 61.2 Å². The zero-order valence-corrected chi connectivity index (χ0v) is 16.0. The van der Waals surface area contributed by atoms with Gasteiger partial charge in [-0.15, -0.1) is 0 Å². The molecule has 0 unspecified atom stereocenters. The summed E-state index contributed by atoms with van der Waals surface area (Å²) in [5.41, 5.74) is 6.24. The SMILES string of the molecule is C=C(NC1CCN(C)CC1)c1cnn2ccc(-c3c[nH]c4ncccc34)cc12. The molecule has 0 saturated carbocycles. The van der Waals surface area contributed by atoms with Gasteiger partial charge in [-0.25, -0.2) is 9.50 Å². The average Bonchev–Trinajstić information content (AvgIpc) is 3.33. The molecule has 0 aliphatic carbocycles. The molecule has 1 aliphatic rings. The molecular formula is C22H24N6. The second-order valence-electron chi connectivity index (χ2n) is 7.61. The maximum atomic E-state index is 4.52. The van der Waals surface area contributed by atoms with Crippen LogP contribution in [0.3, 0.4) is 0 Å². The van der Waals surface area contributed by atoms with E-state index in [0.717, 1.165) is 64.9 Å². The molecule has 0 radical (unpaired) electrons. The maximum absolute atomic E-state index is 4.52. The van der Waals surface area contributed by atoms with Crippen LogP contribution in [0.25, 0.3) is 33.4 Å². The fourth-order valence-electron chi connectivity index (χ4n) is 4.05. The Morgan fingerprint density at radius 3 is 3.00 bits per heavy atom. The molecule has 0 spiro atoms. The molecule has 142 valence electrons. The summed E-state index contributed by atoms with van der Waals surface area (Å²) in [6.45, 7) is 6.56. The van der Waals surface area contributed by atoms with E-state index in [4.69, 9.17) is 0 Å². The van der Waals surface area contributed by atoms with Gasteiger partial charge >= 0.3 is 0 Å². The number of nitrogens with one attached hydrogen (secondary N) is 2. The smallest absolute Gasteiger partial charge is 0.137 e. The van der Waals surface area contributed by atoms with Gasteiger partial charge in [-0.05, 0) is 62.8 Å². The summed E-state index contributed by atoms with van der Waals surface area (Å²) < 4.78 is 1.91. The first kappa shape index (κ1) is 17.0. The van der Waals surface area contributed by atoms with Crippen LogP contribution in [-0.2, 0) is 0 Å². The highest BCUT2D eigenvalue weighted by Gasteiger charge is 2.18. The third-order valence-electron chi connectivity index (χ3n) is 5.71. The monoisotopic (exact) mass is 372 g/mol. The molecule has 0 amide bonds. The third-order valence-corrected chi connectivity index (χ3v) is 5.71. The summed E-state index contributed by atoms with van der Waals surface area (Å²) in [5, 5.41) is 9.27. The molecule has 1 aliphatic heterocycles. The fraction of sp³-hybridized carbons (Fsp3) is 0.273. The number of likely N-dealkylation sites (tertiary alicyclic amines) is 1. The van der Waals surface area contributed by atoms with E-state index in [-0.39, 0.29) is 0 Å². The molecule has 0 atom stereocenters. The minimum Gasteiger partial charge on any atom is -0.382 e. The number of aromatic nitrogens is 4. The van der Waals surface area contributed by atoms with E-state index in [1.54, 1.807) is 6.20 Å². The van der Waals surface area contributed by atoms with Gasteiger partial charge in [0.05, 0.1) is 11.7 Å². The van der Waals surface area contributed by atoms with Crippen LogP contribution in [0.4, 0.5) is 0 Å². The minimum absolute atomic E-state index is 0.474. The van der Waals surface area contributed by atoms with Crippen LogP contribution in [0.5, 0.6) is 0 Å². The lowest BCUT2D eigenvalue weighted by Crippen LogP contribution is -2.39. The van der Waals surface area contributed by atoms with E-state index in [9.17, 15) is 0 Å². The third kappa shape index (κ3) is 2.96. The Morgan fingerprint density at radius 1 is 1.29 bits per heavy atom.